The van der Waals surface area contributed by atoms with E-state index in [2.05, 4.69) is 36.3 Å². The molecule has 1 unspecified atom stereocenters. The first-order chi connectivity index (χ1) is 6.77. The Kier molecular flexibility index (Phi) is 3.97. The normalized spacial score (nSPS) is 16.9. The Hall–Kier alpha value is -1.22. The maximum Gasteiger partial charge on any atom is 0.121 e. The predicted octanol–water partition coefficient (Wildman–Crippen LogP) is 2.15. The van der Waals surface area contributed by atoms with Crippen molar-refractivity contribution >= 4 is 18.2 Å². The number of hydrazone groups is 1. The lowest BCUT2D eigenvalue weighted by Crippen LogP contribution is -2.18. The van der Waals surface area contributed by atoms with Crippen molar-refractivity contribution in [3.63, 3.8) is 0 Å². The van der Waals surface area contributed by atoms with Crippen molar-refractivity contribution in [2.24, 2.45) is 10.8 Å². The van der Waals surface area contributed by atoms with Crippen molar-refractivity contribution in [3.8, 4) is 0 Å². The third kappa shape index (κ3) is 2.63. The first kappa shape index (κ1) is 11.9. The highest BCUT2D eigenvalue weighted by Gasteiger charge is 2.18. The van der Waals surface area contributed by atoms with Crippen LogP contribution in [0.25, 0.3) is 0 Å². The molecule has 3 nitrogen and oxygen atoms in total. The Bertz CT molecular complexity index is 337. The van der Waals surface area contributed by atoms with Crippen molar-refractivity contribution in [1.82, 2.24) is 5.01 Å². The summed E-state index contributed by atoms with van der Waals surface area (Å²) >= 11 is 0. The van der Waals surface area contributed by atoms with E-state index < -0.39 is 0 Å². The van der Waals surface area contributed by atoms with Crippen molar-refractivity contribution in [2.75, 3.05) is 6.54 Å². The Morgan fingerprint density at radius 3 is 2.53 bits per heavy atom. The molecule has 0 saturated carbocycles. The second-order valence-electron chi connectivity index (χ2n) is 3.59. The van der Waals surface area contributed by atoms with Gasteiger partial charge in [0.2, 0.25) is 0 Å². The maximum atomic E-state index is 5.65. The molecule has 1 aromatic carbocycles. The van der Waals surface area contributed by atoms with Gasteiger partial charge in [-0.05, 0) is 12.5 Å². The lowest BCUT2D eigenvalue weighted by atomic mass is 10.1. The maximum absolute atomic E-state index is 5.65. The number of benzene rings is 1. The third-order valence-electron chi connectivity index (χ3n) is 2.58. The zero-order chi connectivity index (χ0) is 9.97. The van der Waals surface area contributed by atoms with Crippen LogP contribution >= 0.6 is 12.4 Å². The fraction of sp³-hybridized carbons (Fsp3) is 0.364. The van der Waals surface area contributed by atoms with Gasteiger partial charge in [-0.3, -0.25) is 5.01 Å². The number of halogens is 1. The summed E-state index contributed by atoms with van der Waals surface area (Å²) in [4.78, 5) is 0. The second-order valence-corrected chi connectivity index (χ2v) is 3.59. The van der Waals surface area contributed by atoms with Crippen LogP contribution in [0.2, 0.25) is 0 Å². The molecule has 0 spiro atoms. The van der Waals surface area contributed by atoms with Crippen LogP contribution in [0.3, 0.4) is 0 Å². The van der Waals surface area contributed by atoms with Crippen molar-refractivity contribution in [1.29, 1.82) is 0 Å². The van der Waals surface area contributed by atoms with Gasteiger partial charge in [0, 0.05) is 13.0 Å². The number of hydrogen-bond donors (Lipinski definition) is 1. The SMILES string of the molecule is CC(c1ccccc1)N1CCC(N)=N1.Cl. The van der Waals surface area contributed by atoms with Gasteiger partial charge in [-0.1, -0.05) is 30.3 Å². The molecule has 0 amide bonds. The summed E-state index contributed by atoms with van der Waals surface area (Å²) < 4.78 is 0. The third-order valence-corrected chi connectivity index (χ3v) is 2.58. The first-order valence-electron chi connectivity index (χ1n) is 4.92. The van der Waals surface area contributed by atoms with Gasteiger partial charge in [0.05, 0.1) is 6.04 Å². The van der Waals surface area contributed by atoms with Gasteiger partial charge in [0.15, 0.2) is 0 Å². The monoisotopic (exact) mass is 225 g/mol. The van der Waals surface area contributed by atoms with Crippen LogP contribution in [0, 0.1) is 0 Å². The molecule has 4 heteroatoms. The molecule has 15 heavy (non-hydrogen) atoms. The highest BCUT2D eigenvalue weighted by atomic mass is 35.5. The summed E-state index contributed by atoms with van der Waals surface area (Å²) in [6, 6.07) is 10.7. The molecule has 1 aliphatic heterocycles. The number of nitrogens with zero attached hydrogens (tertiary/aromatic N) is 2. The van der Waals surface area contributed by atoms with Crippen LogP contribution in [-0.2, 0) is 0 Å². The quantitative estimate of drug-likeness (QED) is 0.838. The Labute approximate surface area is 96.4 Å². The molecule has 0 bridgehead atoms. The highest BCUT2D eigenvalue weighted by Crippen LogP contribution is 2.22. The smallest absolute Gasteiger partial charge is 0.121 e. The van der Waals surface area contributed by atoms with Crippen LogP contribution in [-0.4, -0.2) is 17.4 Å². The minimum atomic E-state index is 0. The molecule has 82 valence electrons. The van der Waals surface area contributed by atoms with E-state index in [1.165, 1.54) is 5.56 Å². The van der Waals surface area contributed by atoms with Gasteiger partial charge >= 0.3 is 0 Å². The molecule has 0 saturated heterocycles. The van der Waals surface area contributed by atoms with Crippen molar-refractivity contribution in [3.05, 3.63) is 35.9 Å². The molecule has 0 aliphatic carbocycles. The zero-order valence-corrected chi connectivity index (χ0v) is 9.57. The largest absolute Gasteiger partial charge is 0.386 e. The summed E-state index contributed by atoms with van der Waals surface area (Å²) in [6.07, 6.45) is 0.886. The Morgan fingerprint density at radius 2 is 2.00 bits per heavy atom. The van der Waals surface area contributed by atoms with Gasteiger partial charge in [-0.15, -0.1) is 12.4 Å². The summed E-state index contributed by atoms with van der Waals surface area (Å²) in [5, 5.41) is 6.34. The molecule has 2 rings (SSSR count). The molecule has 1 aliphatic rings. The van der Waals surface area contributed by atoms with E-state index in [0.717, 1.165) is 18.8 Å². The molecule has 1 aromatic rings. The van der Waals surface area contributed by atoms with Gasteiger partial charge in [-0.25, -0.2) is 0 Å². The van der Waals surface area contributed by atoms with Crippen LogP contribution in [0.15, 0.2) is 35.4 Å². The standard InChI is InChI=1S/C11H15N3.ClH/c1-9(10-5-3-2-4-6-10)14-8-7-11(12)13-14;/h2-6,9H,7-8H2,1H3,(H2,12,13);1H. The van der Waals surface area contributed by atoms with Crippen LogP contribution in [0.4, 0.5) is 0 Å². The van der Waals surface area contributed by atoms with Gasteiger partial charge < -0.3 is 5.73 Å². The van der Waals surface area contributed by atoms with E-state index in [-0.39, 0.29) is 12.4 Å². The minimum Gasteiger partial charge on any atom is -0.386 e. The van der Waals surface area contributed by atoms with E-state index in [1.807, 2.05) is 11.1 Å². The van der Waals surface area contributed by atoms with Crippen LogP contribution in [0.5, 0.6) is 0 Å². The molecule has 1 atom stereocenters. The van der Waals surface area contributed by atoms with E-state index >= 15 is 0 Å². The van der Waals surface area contributed by atoms with E-state index in [0.29, 0.717) is 6.04 Å². The molecular weight excluding hydrogens is 210 g/mol. The zero-order valence-electron chi connectivity index (χ0n) is 8.76. The minimum absolute atomic E-state index is 0. The molecule has 0 radical (unpaired) electrons. The van der Waals surface area contributed by atoms with E-state index in [1.54, 1.807) is 0 Å². The fourth-order valence-corrected chi connectivity index (χ4v) is 1.68. The highest BCUT2D eigenvalue weighted by molar-refractivity contribution is 5.85. The summed E-state index contributed by atoms with van der Waals surface area (Å²) in [5.41, 5.74) is 6.93. The second kappa shape index (κ2) is 5.03. The number of rotatable bonds is 2. The lowest BCUT2D eigenvalue weighted by Gasteiger charge is -2.22. The number of hydrogen-bond acceptors (Lipinski definition) is 3. The Balaban J connectivity index is 0.00000112. The molecular formula is C11H16ClN3. The van der Waals surface area contributed by atoms with Crippen molar-refractivity contribution in [2.45, 2.75) is 19.4 Å². The summed E-state index contributed by atoms with van der Waals surface area (Å²) in [5.74, 6) is 0.743. The predicted molar refractivity (Wildman–Crippen MR) is 65.1 cm³/mol. The lowest BCUT2D eigenvalue weighted by molar-refractivity contribution is 0.245. The molecule has 0 aromatic heterocycles. The number of nitrogens with two attached hydrogens (primary N) is 1. The topological polar surface area (TPSA) is 41.6 Å². The average molecular weight is 226 g/mol. The van der Waals surface area contributed by atoms with Crippen LogP contribution in [0.1, 0.15) is 24.9 Å². The van der Waals surface area contributed by atoms with Crippen LogP contribution < -0.4 is 5.73 Å². The van der Waals surface area contributed by atoms with Gasteiger partial charge in [0.25, 0.3) is 0 Å². The van der Waals surface area contributed by atoms with E-state index in [4.69, 9.17) is 5.73 Å². The van der Waals surface area contributed by atoms with Gasteiger partial charge in [0.1, 0.15) is 5.84 Å². The summed E-state index contributed by atoms with van der Waals surface area (Å²) in [7, 11) is 0. The molecule has 2 N–H and O–H groups in total. The average Bonchev–Trinajstić information content (AvgIpc) is 2.65. The van der Waals surface area contributed by atoms with Gasteiger partial charge in [-0.2, -0.15) is 5.10 Å². The Morgan fingerprint density at radius 1 is 1.33 bits per heavy atom. The molecule has 1 heterocycles. The number of amidine groups is 1. The van der Waals surface area contributed by atoms with E-state index in [9.17, 15) is 0 Å². The van der Waals surface area contributed by atoms with Crippen molar-refractivity contribution < 1.29 is 0 Å². The fourth-order valence-electron chi connectivity index (χ4n) is 1.68. The first-order valence-corrected chi connectivity index (χ1v) is 4.92. The molecule has 0 fully saturated rings. The summed E-state index contributed by atoms with van der Waals surface area (Å²) in [6.45, 7) is 3.08.